The molecule has 2 aromatic rings. The molecule has 1 fully saturated rings. The summed E-state index contributed by atoms with van der Waals surface area (Å²) in [5.41, 5.74) is 1.82. The molecule has 0 bridgehead atoms. The van der Waals surface area contributed by atoms with E-state index < -0.39 is 5.82 Å². The summed E-state index contributed by atoms with van der Waals surface area (Å²) in [6.45, 7) is 3.01. The van der Waals surface area contributed by atoms with Crippen LogP contribution in [0.1, 0.15) is 42.9 Å². The van der Waals surface area contributed by atoms with Crippen LogP contribution in [-0.2, 0) is 22.6 Å². The molecule has 3 heterocycles. The maximum Gasteiger partial charge on any atom is 0.260 e. The van der Waals surface area contributed by atoms with E-state index in [0.29, 0.717) is 25.3 Å². The van der Waals surface area contributed by atoms with Crippen molar-refractivity contribution >= 4 is 11.8 Å². The van der Waals surface area contributed by atoms with Gasteiger partial charge in [0.05, 0.1) is 11.7 Å². The van der Waals surface area contributed by atoms with Crippen molar-refractivity contribution in [1.82, 2.24) is 19.8 Å². The SMILES string of the molecule is CC(=O)N1CCC[C@@H]1c1ncc2c(n1)CCN(C(=O)COc1ccccc1F)C2. The Kier molecular flexibility index (Phi) is 5.42. The number of fused-ring (bicyclic) bond motifs is 1. The first-order chi connectivity index (χ1) is 14.0. The largest absolute Gasteiger partial charge is 0.481 e. The number of hydrogen-bond acceptors (Lipinski definition) is 5. The van der Waals surface area contributed by atoms with E-state index in [-0.39, 0.29) is 30.2 Å². The fourth-order valence-electron chi connectivity index (χ4n) is 3.91. The number of ether oxygens (including phenoxy) is 1. The second-order valence-corrected chi connectivity index (χ2v) is 7.35. The van der Waals surface area contributed by atoms with E-state index in [0.717, 1.165) is 30.6 Å². The van der Waals surface area contributed by atoms with Crippen molar-refractivity contribution in [1.29, 1.82) is 0 Å². The van der Waals surface area contributed by atoms with Crippen molar-refractivity contribution in [3.05, 3.63) is 53.4 Å². The minimum Gasteiger partial charge on any atom is -0.481 e. The lowest BCUT2D eigenvalue weighted by Gasteiger charge is -2.29. The average molecular weight is 398 g/mol. The molecule has 2 aliphatic heterocycles. The van der Waals surface area contributed by atoms with Crippen molar-refractivity contribution in [2.24, 2.45) is 0 Å². The van der Waals surface area contributed by atoms with Gasteiger partial charge >= 0.3 is 0 Å². The molecule has 8 heteroatoms. The number of likely N-dealkylation sites (tertiary alicyclic amines) is 1. The van der Waals surface area contributed by atoms with Gasteiger partial charge in [0.25, 0.3) is 5.91 Å². The normalized spacial score (nSPS) is 18.5. The number of para-hydroxylation sites is 1. The molecule has 2 amide bonds. The molecule has 4 rings (SSSR count). The standard InChI is InChI=1S/C21H23FN4O3/c1-14(27)26-9-4-6-18(26)21-23-11-15-12-25(10-8-17(15)24-21)20(28)13-29-19-7-3-2-5-16(19)22/h2-3,5,7,11,18H,4,6,8-10,12-13H2,1H3/t18-/m1/s1. The first-order valence-corrected chi connectivity index (χ1v) is 9.80. The van der Waals surface area contributed by atoms with Gasteiger partial charge in [0, 0.05) is 44.7 Å². The predicted octanol–water partition coefficient (Wildman–Crippen LogP) is 2.26. The van der Waals surface area contributed by atoms with E-state index in [4.69, 9.17) is 9.72 Å². The molecule has 29 heavy (non-hydrogen) atoms. The second kappa shape index (κ2) is 8.14. The Bertz CT molecular complexity index is 936. The predicted molar refractivity (Wildman–Crippen MR) is 102 cm³/mol. The van der Waals surface area contributed by atoms with Crippen LogP contribution in [0.15, 0.2) is 30.5 Å². The van der Waals surface area contributed by atoms with Crippen LogP contribution in [0.2, 0.25) is 0 Å². The van der Waals surface area contributed by atoms with Gasteiger partial charge in [-0.25, -0.2) is 14.4 Å². The Morgan fingerprint density at radius 3 is 2.90 bits per heavy atom. The summed E-state index contributed by atoms with van der Waals surface area (Å²) < 4.78 is 19.0. The number of hydrogen-bond donors (Lipinski definition) is 0. The molecular weight excluding hydrogens is 375 g/mol. The zero-order valence-electron chi connectivity index (χ0n) is 16.3. The molecule has 1 aromatic carbocycles. The summed E-state index contributed by atoms with van der Waals surface area (Å²) in [5.74, 6) is 0.0932. The Balaban J connectivity index is 1.40. The highest BCUT2D eigenvalue weighted by Gasteiger charge is 2.31. The van der Waals surface area contributed by atoms with E-state index in [1.165, 1.54) is 12.1 Å². The number of aromatic nitrogens is 2. The lowest BCUT2D eigenvalue weighted by atomic mass is 10.1. The molecule has 2 aliphatic rings. The van der Waals surface area contributed by atoms with E-state index in [9.17, 15) is 14.0 Å². The maximum absolute atomic E-state index is 13.6. The Hall–Kier alpha value is -3.03. The second-order valence-electron chi connectivity index (χ2n) is 7.35. The highest BCUT2D eigenvalue weighted by Crippen LogP contribution is 2.30. The third-order valence-electron chi connectivity index (χ3n) is 5.45. The van der Waals surface area contributed by atoms with Crippen molar-refractivity contribution in [2.45, 2.75) is 38.8 Å². The number of benzene rings is 1. The summed E-state index contributed by atoms with van der Waals surface area (Å²) >= 11 is 0. The van der Waals surface area contributed by atoms with Gasteiger partial charge in [-0.2, -0.15) is 0 Å². The van der Waals surface area contributed by atoms with Crippen LogP contribution >= 0.6 is 0 Å². The van der Waals surface area contributed by atoms with E-state index in [1.807, 2.05) is 4.90 Å². The molecule has 0 radical (unpaired) electrons. The van der Waals surface area contributed by atoms with Crippen LogP contribution in [0.3, 0.4) is 0 Å². The zero-order valence-corrected chi connectivity index (χ0v) is 16.3. The van der Waals surface area contributed by atoms with Gasteiger partial charge in [-0.05, 0) is 25.0 Å². The number of rotatable bonds is 4. The Morgan fingerprint density at radius 1 is 1.28 bits per heavy atom. The quantitative estimate of drug-likeness (QED) is 0.790. The fraction of sp³-hybridized carbons (Fsp3) is 0.429. The molecule has 152 valence electrons. The van der Waals surface area contributed by atoms with Gasteiger partial charge in [0.2, 0.25) is 5.91 Å². The van der Waals surface area contributed by atoms with Gasteiger partial charge in [-0.3, -0.25) is 9.59 Å². The van der Waals surface area contributed by atoms with Gasteiger partial charge in [0.1, 0.15) is 0 Å². The monoisotopic (exact) mass is 398 g/mol. The molecule has 0 saturated carbocycles. The number of carbonyl (C=O) groups is 2. The number of halogens is 1. The summed E-state index contributed by atoms with van der Waals surface area (Å²) in [6.07, 6.45) is 4.19. The minimum atomic E-state index is -0.489. The Labute approximate surface area is 168 Å². The molecular formula is C21H23FN4O3. The van der Waals surface area contributed by atoms with E-state index >= 15 is 0 Å². The molecule has 0 unspecified atom stereocenters. The van der Waals surface area contributed by atoms with Crippen LogP contribution in [0.4, 0.5) is 4.39 Å². The van der Waals surface area contributed by atoms with Gasteiger partial charge in [0.15, 0.2) is 24.0 Å². The van der Waals surface area contributed by atoms with Crippen molar-refractivity contribution < 1.29 is 18.7 Å². The number of amides is 2. The lowest BCUT2D eigenvalue weighted by Crippen LogP contribution is -2.39. The smallest absolute Gasteiger partial charge is 0.260 e. The van der Waals surface area contributed by atoms with Gasteiger partial charge in [-0.1, -0.05) is 12.1 Å². The molecule has 0 N–H and O–H groups in total. The maximum atomic E-state index is 13.6. The van der Waals surface area contributed by atoms with Crippen LogP contribution in [0, 0.1) is 5.82 Å². The topological polar surface area (TPSA) is 75.6 Å². The van der Waals surface area contributed by atoms with Gasteiger partial charge < -0.3 is 14.5 Å². The molecule has 0 spiro atoms. The Morgan fingerprint density at radius 2 is 2.10 bits per heavy atom. The van der Waals surface area contributed by atoms with Crippen LogP contribution in [0.5, 0.6) is 5.75 Å². The molecule has 1 atom stereocenters. The van der Waals surface area contributed by atoms with Crippen molar-refractivity contribution in [2.75, 3.05) is 19.7 Å². The van der Waals surface area contributed by atoms with Crippen LogP contribution in [0.25, 0.3) is 0 Å². The molecule has 1 aromatic heterocycles. The summed E-state index contributed by atoms with van der Waals surface area (Å²) in [7, 11) is 0. The highest BCUT2D eigenvalue weighted by molar-refractivity contribution is 5.78. The zero-order chi connectivity index (χ0) is 20.4. The molecule has 1 saturated heterocycles. The van der Waals surface area contributed by atoms with Gasteiger partial charge in [-0.15, -0.1) is 0 Å². The first kappa shape index (κ1) is 19.3. The minimum absolute atomic E-state index is 0.0421. The van der Waals surface area contributed by atoms with Crippen LogP contribution < -0.4 is 4.74 Å². The third kappa shape index (κ3) is 4.06. The third-order valence-corrected chi connectivity index (χ3v) is 5.45. The molecule has 7 nitrogen and oxygen atoms in total. The summed E-state index contributed by atoms with van der Waals surface area (Å²) in [5, 5.41) is 0. The number of nitrogens with zero attached hydrogens (tertiary/aromatic N) is 4. The fourth-order valence-corrected chi connectivity index (χ4v) is 3.91. The number of carbonyl (C=O) groups excluding carboxylic acids is 2. The lowest BCUT2D eigenvalue weighted by molar-refractivity contribution is -0.134. The molecule has 0 aliphatic carbocycles. The van der Waals surface area contributed by atoms with Crippen LogP contribution in [-0.4, -0.2) is 51.3 Å². The highest BCUT2D eigenvalue weighted by atomic mass is 19.1. The first-order valence-electron chi connectivity index (χ1n) is 9.80. The summed E-state index contributed by atoms with van der Waals surface area (Å²) in [6, 6.07) is 5.96. The van der Waals surface area contributed by atoms with E-state index in [1.54, 1.807) is 30.2 Å². The average Bonchev–Trinajstić information content (AvgIpc) is 3.22. The van der Waals surface area contributed by atoms with Crippen molar-refractivity contribution in [3.63, 3.8) is 0 Å². The van der Waals surface area contributed by atoms with E-state index in [2.05, 4.69) is 4.98 Å². The van der Waals surface area contributed by atoms with Crippen molar-refractivity contribution in [3.8, 4) is 5.75 Å². The summed E-state index contributed by atoms with van der Waals surface area (Å²) in [4.78, 5) is 37.0.